The van der Waals surface area contributed by atoms with E-state index in [0.717, 1.165) is 31.6 Å². The second kappa shape index (κ2) is 7.86. The van der Waals surface area contributed by atoms with Crippen LogP contribution in [0.4, 0.5) is 5.69 Å². The number of amides is 1. The standard InChI is InChI=1S/C20H24N2O2/c1-24-18-10-8-16(9-11-18)12-13-21-20(23)15-22-14-4-6-17-5-2-3-7-19(17)22/h2-3,5,7-11H,4,6,12-15H2,1H3,(H,21,23). The van der Waals surface area contributed by atoms with Crippen molar-refractivity contribution in [2.75, 3.05) is 31.6 Å². The molecule has 4 heteroatoms. The van der Waals surface area contributed by atoms with Crippen molar-refractivity contribution in [1.82, 2.24) is 5.32 Å². The van der Waals surface area contributed by atoms with Crippen molar-refractivity contribution in [3.8, 4) is 5.75 Å². The van der Waals surface area contributed by atoms with Gasteiger partial charge in [-0.2, -0.15) is 0 Å². The van der Waals surface area contributed by atoms with Gasteiger partial charge in [-0.25, -0.2) is 0 Å². The van der Waals surface area contributed by atoms with Gasteiger partial charge in [0.1, 0.15) is 5.75 Å². The molecule has 1 heterocycles. The first-order chi connectivity index (χ1) is 11.8. The van der Waals surface area contributed by atoms with E-state index in [-0.39, 0.29) is 5.91 Å². The third kappa shape index (κ3) is 4.07. The summed E-state index contributed by atoms with van der Waals surface area (Å²) in [5, 5.41) is 3.03. The lowest BCUT2D eigenvalue weighted by Gasteiger charge is -2.30. The maximum Gasteiger partial charge on any atom is 0.239 e. The van der Waals surface area contributed by atoms with Gasteiger partial charge in [-0.05, 0) is 48.6 Å². The van der Waals surface area contributed by atoms with Gasteiger partial charge < -0.3 is 15.0 Å². The Morgan fingerprint density at radius 1 is 1.17 bits per heavy atom. The topological polar surface area (TPSA) is 41.6 Å². The normalized spacial score (nSPS) is 13.3. The van der Waals surface area contributed by atoms with E-state index >= 15 is 0 Å². The zero-order chi connectivity index (χ0) is 16.8. The molecule has 2 aromatic rings. The molecule has 0 spiro atoms. The molecule has 0 saturated carbocycles. The van der Waals surface area contributed by atoms with Crippen LogP contribution in [0.2, 0.25) is 0 Å². The predicted octanol–water partition coefficient (Wildman–Crippen LogP) is 2.81. The zero-order valence-electron chi connectivity index (χ0n) is 14.1. The number of fused-ring (bicyclic) bond motifs is 1. The van der Waals surface area contributed by atoms with Crippen LogP contribution in [-0.4, -0.2) is 32.7 Å². The maximum absolute atomic E-state index is 12.2. The van der Waals surface area contributed by atoms with Crippen LogP contribution in [0.25, 0.3) is 0 Å². The molecule has 0 atom stereocenters. The van der Waals surface area contributed by atoms with Gasteiger partial charge in [0.2, 0.25) is 5.91 Å². The Balaban J connectivity index is 1.48. The summed E-state index contributed by atoms with van der Waals surface area (Å²) in [4.78, 5) is 14.4. The summed E-state index contributed by atoms with van der Waals surface area (Å²) >= 11 is 0. The third-order valence-corrected chi connectivity index (χ3v) is 4.44. The highest BCUT2D eigenvalue weighted by molar-refractivity contribution is 5.81. The minimum Gasteiger partial charge on any atom is -0.497 e. The van der Waals surface area contributed by atoms with Crippen LogP contribution in [0, 0.1) is 0 Å². The number of ether oxygens (including phenoxy) is 1. The summed E-state index contributed by atoms with van der Waals surface area (Å²) in [6.45, 7) is 2.03. The summed E-state index contributed by atoms with van der Waals surface area (Å²) in [6.07, 6.45) is 3.04. The van der Waals surface area contributed by atoms with Crippen LogP contribution < -0.4 is 15.0 Å². The highest BCUT2D eigenvalue weighted by atomic mass is 16.5. The Morgan fingerprint density at radius 2 is 1.96 bits per heavy atom. The molecule has 4 nitrogen and oxygen atoms in total. The number of hydrogen-bond acceptors (Lipinski definition) is 3. The number of carbonyl (C=O) groups excluding carboxylic acids is 1. The van der Waals surface area contributed by atoms with Crippen molar-refractivity contribution in [3.63, 3.8) is 0 Å². The monoisotopic (exact) mass is 324 g/mol. The fourth-order valence-electron chi connectivity index (χ4n) is 3.14. The van der Waals surface area contributed by atoms with Gasteiger partial charge >= 0.3 is 0 Å². The number of nitrogens with zero attached hydrogens (tertiary/aromatic N) is 1. The van der Waals surface area contributed by atoms with E-state index in [1.165, 1.54) is 16.8 Å². The second-order valence-electron chi connectivity index (χ2n) is 6.10. The first kappa shape index (κ1) is 16.4. The number of aryl methyl sites for hydroxylation is 1. The molecule has 2 aromatic carbocycles. The van der Waals surface area contributed by atoms with Crippen molar-refractivity contribution in [1.29, 1.82) is 0 Å². The Bertz CT molecular complexity index is 682. The molecule has 0 fully saturated rings. The maximum atomic E-state index is 12.2. The molecule has 0 bridgehead atoms. The number of methoxy groups -OCH3 is 1. The molecule has 0 aliphatic carbocycles. The van der Waals surface area contributed by atoms with Gasteiger partial charge in [0.25, 0.3) is 0 Å². The summed E-state index contributed by atoms with van der Waals surface area (Å²) in [7, 11) is 1.66. The van der Waals surface area contributed by atoms with Gasteiger partial charge in [-0.3, -0.25) is 4.79 Å². The van der Waals surface area contributed by atoms with Crippen LogP contribution in [0.5, 0.6) is 5.75 Å². The Morgan fingerprint density at radius 3 is 2.75 bits per heavy atom. The van der Waals surface area contributed by atoms with E-state index in [2.05, 4.69) is 28.4 Å². The van der Waals surface area contributed by atoms with Crippen LogP contribution in [-0.2, 0) is 17.6 Å². The van der Waals surface area contributed by atoms with E-state index in [1.807, 2.05) is 30.3 Å². The first-order valence-corrected chi connectivity index (χ1v) is 8.49. The molecule has 0 saturated heterocycles. The van der Waals surface area contributed by atoms with Crippen molar-refractivity contribution in [2.24, 2.45) is 0 Å². The molecule has 0 radical (unpaired) electrons. The van der Waals surface area contributed by atoms with Gasteiger partial charge in [-0.15, -0.1) is 0 Å². The number of nitrogens with one attached hydrogen (secondary N) is 1. The van der Waals surface area contributed by atoms with E-state index in [1.54, 1.807) is 7.11 Å². The molecule has 1 aliphatic rings. The van der Waals surface area contributed by atoms with E-state index in [0.29, 0.717) is 13.1 Å². The lowest BCUT2D eigenvalue weighted by atomic mass is 10.0. The van der Waals surface area contributed by atoms with Crippen molar-refractivity contribution >= 4 is 11.6 Å². The minimum atomic E-state index is 0.0835. The lowest BCUT2D eigenvalue weighted by Crippen LogP contribution is -2.40. The smallest absolute Gasteiger partial charge is 0.239 e. The summed E-state index contributed by atoms with van der Waals surface area (Å²) in [5.74, 6) is 0.937. The van der Waals surface area contributed by atoms with Crippen molar-refractivity contribution < 1.29 is 9.53 Å². The summed E-state index contributed by atoms with van der Waals surface area (Å²) in [6, 6.07) is 16.3. The van der Waals surface area contributed by atoms with Crippen molar-refractivity contribution in [3.05, 3.63) is 59.7 Å². The van der Waals surface area contributed by atoms with E-state index in [4.69, 9.17) is 4.74 Å². The molecule has 0 unspecified atom stereocenters. The zero-order valence-corrected chi connectivity index (χ0v) is 14.1. The van der Waals surface area contributed by atoms with Crippen LogP contribution in [0.15, 0.2) is 48.5 Å². The number of para-hydroxylation sites is 1. The molecule has 24 heavy (non-hydrogen) atoms. The molecular formula is C20H24N2O2. The Labute approximate surface area is 143 Å². The molecule has 3 rings (SSSR count). The molecule has 0 aromatic heterocycles. The Kier molecular flexibility index (Phi) is 5.36. The average molecular weight is 324 g/mol. The Hall–Kier alpha value is -2.49. The lowest BCUT2D eigenvalue weighted by molar-refractivity contribution is -0.119. The first-order valence-electron chi connectivity index (χ1n) is 8.49. The highest BCUT2D eigenvalue weighted by Gasteiger charge is 2.18. The number of anilines is 1. The quantitative estimate of drug-likeness (QED) is 0.888. The van der Waals surface area contributed by atoms with E-state index < -0.39 is 0 Å². The largest absolute Gasteiger partial charge is 0.497 e. The van der Waals surface area contributed by atoms with Gasteiger partial charge in [0.05, 0.1) is 13.7 Å². The fourth-order valence-corrected chi connectivity index (χ4v) is 3.14. The second-order valence-corrected chi connectivity index (χ2v) is 6.10. The highest BCUT2D eigenvalue weighted by Crippen LogP contribution is 2.26. The van der Waals surface area contributed by atoms with Gasteiger partial charge in [-0.1, -0.05) is 30.3 Å². The number of rotatable bonds is 6. The third-order valence-electron chi connectivity index (χ3n) is 4.44. The van der Waals surface area contributed by atoms with Crippen LogP contribution in [0.1, 0.15) is 17.5 Å². The van der Waals surface area contributed by atoms with Gasteiger partial charge in [0, 0.05) is 18.8 Å². The number of benzene rings is 2. The predicted molar refractivity (Wildman–Crippen MR) is 96.7 cm³/mol. The molecular weight excluding hydrogens is 300 g/mol. The molecule has 1 aliphatic heterocycles. The van der Waals surface area contributed by atoms with Crippen molar-refractivity contribution in [2.45, 2.75) is 19.3 Å². The molecule has 1 amide bonds. The van der Waals surface area contributed by atoms with Crippen LogP contribution in [0.3, 0.4) is 0 Å². The number of carbonyl (C=O) groups is 1. The minimum absolute atomic E-state index is 0.0835. The van der Waals surface area contributed by atoms with E-state index in [9.17, 15) is 4.79 Å². The average Bonchev–Trinajstić information content (AvgIpc) is 2.63. The van der Waals surface area contributed by atoms with Crippen LogP contribution >= 0.6 is 0 Å². The molecule has 126 valence electrons. The summed E-state index contributed by atoms with van der Waals surface area (Å²) < 4.78 is 5.15. The summed E-state index contributed by atoms with van der Waals surface area (Å²) in [5.41, 5.74) is 3.74. The SMILES string of the molecule is COc1ccc(CCNC(=O)CN2CCCc3ccccc32)cc1. The van der Waals surface area contributed by atoms with Gasteiger partial charge in [0.15, 0.2) is 0 Å². The molecule has 1 N–H and O–H groups in total. The fraction of sp³-hybridized carbons (Fsp3) is 0.350. The number of hydrogen-bond donors (Lipinski definition) is 1.